The van der Waals surface area contributed by atoms with Crippen molar-refractivity contribution in [3.8, 4) is 0 Å². The van der Waals surface area contributed by atoms with Gasteiger partial charge in [-0.05, 0) is 42.9 Å². The standard InChI is InChI=1S/C18H22F2N2O4/c19-14-7-13(8-15(20)9-14)10-21-17(24)26-18(25)5-2-6-22(16(18)23)11-12-3-1-4-12/h7-9,12,25H,1-6,10-11H2,(H,21,24). The first-order valence-electron chi connectivity index (χ1n) is 8.79. The van der Waals surface area contributed by atoms with Crippen LogP contribution in [0.4, 0.5) is 13.6 Å². The number of hydrogen-bond acceptors (Lipinski definition) is 4. The normalized spacial score (nSPS) is 23.5. The molecule has 0 radical (unpaired) electrons. The molecule has 2 amide bonds. The van der Waals surface area contributed by atoms with E-state index < -0.39 is 29.4 Å². The molecule has 1 unspecified atom stereocenters. The maximum atomic E-state index is 13.1. The quantitative estimate of drug-likeness (QED) is 0.782. The third-order valence-electron chi connectivity index (χ3n) is 4.89. The van der Waals surface area contributed by atoms with Crippen molar-refractivity contribution in [3.63, 3.8) is 0 Å². The number of piperidine rings is 1. The van der Waals surface area contributed by atoms with E-state index in [9.17, 15) is 23.5 Å². The van der Waals surface area contributed by atoms with E-state index in [0.717, 1.165) is 37.5 Å². The lowest BCUT2D eigenvalue weighted by atomic mass is 9.84. The second-order valence-electron chi connectivity index (χ2n) is 6.96. The first kappa shape index (κ1) is 18.6. The summed E-state index contributed by atoms with van der Waals surface area (Å²) in [5, 5.41) is 12.8. The molecule has 1 aromatic rings. The summed E-state index contributed by atoms with van der Waals surface area (Å²) < 4.78 is 31.3. The van der Waals surface area contributed by atoms with E-state index in [1.807, 2.05) is 0 Å². The summed E-state index contributed by atoms with van der Waals surface area (Å²) >= 11 is 0. The van der Waals surface area contributed by atoms with Crippen LogP contribution in [0.2, 0.25) is 0 Å². The van der Waals surface area contributed by atoms with Gasteiger partial charge in [-0.15, -0.1) is 0 Å². The molecule has 8 heteroatoms. The van der Waals surface area contributed by atoms with Gasteiger partial charge in [0, 0.05) is 32.1 Å². The summed E-state index contributed by atoms with van der Waals surface area (Å²) in [6, 6.07) is 2.87. The zero-order chi connectivity index (χ0) is 18.7. The van der Waals surface area contributed by atoms with Gasteiger partial charge in [0.15, 0.2) is 0 Å². The number of nitrogens with zero attached hydrogens (tertiary/aromatic N) is 1. The van der Waals surface area contributed by atoms with Gasteiger partial charge in [-0.1, -0.05) is 6.42 Å². The van der Waals surface area contributed by atoms with Crippen LogP contribution in [0.25, 0.3) is 0 Å². The van der Waals surface area contributed by atoms with Crippen molar-refractivity contribution in [2.75, 3.05) is 13.1 Å². The van der Waals surface area contributed by atoms with Crippen molar-refractivity contribution < 1.29 is 28.2 Å². The molecule has 1 saturated carbocycles. The summed E-state index contributed by atoms with van der Waals surface area (Å²) in [5.74, 6) is -3.88. The Morgan fingerprint density at radius 3 is 2.58 bits per heavy atom. The molecule has 2 fully saturated rings. The second-order valence-corrected chi connectivity index (χ2v) is 6.96. The maximum Gasteiger partial charge on any atom is 0.410 e. The van der Waals surface area contributed by atoms with E-state index in [1.54, 1.807) is 4.90 Å². The van der Waals surface area contributed by atoms with Crippen LogP contribution in [0, 0.1) is 17.6 Å². The minimum Gasteiger partial charge on any atom is -0.407 e. The average Bonchev–Trinajstić information content (AvgIpc) is 2.52. The summed E-state index contributed by atoms with van der Waals surface area (Å²) in [6.07, 6.45) is 2.81. The molecule has 1 aliphatic heterocycles. The van der Waals surface area contributed by atoms with Crippen LogP contribution in [-0.2, 0) is 16.1 Å². The Kier molecular flexibility index (Phi) is 5.41. The van der Waals surface area contributed by atoms with Crippen molar-refractivity contribution in [2.45, 2.75) is 44.4 Å². The fourth-order valence-corrected chi connectivity index (χ4v) is 3.30. The number of halogens is 2. The molecule has 1 saturated heterocycles. The molecule has 0 spiro atoms. The van der Waals surface area contributed by atoms with Crippen LogP contribution in [0.3, 0.4) is 0 Å². The maximum absolute atomic E-state index is 13.1. The number of likely N-dealkylation sites (tertiary alicyclic amines) is 1. The van der Waals surface area contributed by atoms with Gasteiger partial charge in [0.1, 0.15) is 11.6 Å². The number of aliphatic hydroxyl groups is 1. The number of alkyl carbamates (subject to hydrolysis) is 1. The molecular weight excluding hydrogens is 346 g/mol. The van der Waals surface area contributed by atoms with Crippen LogP contribution in [0.5, 0.6) is 0 Å². The number of carbonyl (C=O) groups excluding carboxylic acids is 2. The highest BCUT2D eigenvalue weighted by molar-refractivity contribution is 5.86. The third-order valence-corrected chi connectivity index (χ3v) is 4.89. The van der Waals surface area contributed by atoms with Crippen LogP contribution in [0.1, 0.15) is 37.7 Å². The largest absolute Gasteiger partial charge is 0.410 e. The monoisotopic (exact) mass is 368 g/mol. The molecule has 26 heavy (non-hydrogen) atoms. The van der Waals surface area contributed by atoms with Crippen LogP contribution < -0.4 is 5.32 Å². The van der Waals surface area contributed by atoms with E-state index in [-0.39, 0.29) is 18.5 Å². The van der Waals surface area contributed by atoms with E-state index in [4.69, 9.17) is 4.74 Å². The van der Waals surface area contributed by atoms with Gasteiger partial charge >= 0.3 is 6.09 Å². The van der Waals surface area contributed by atoms with Crippen molar-refractivity contribution in [3.05, 3.63) is 35.4 Å². The molecule has 1 aliphatic carbocycles. The molecule has 2 aliphatic rings. The van der Waals surface area contributed by atoms with Gasteiger partial charge in [-0.3, -0.25) is 4.79 Å². The lowest BCUT2D eigenvalue weighted by Crippen LogP contribution is -2.57. The highest BCUT2D eigenvalue weighted by atomic mass is 19.1. The molecule has 142 valence electrons. The second kappa shape index (κ2) is 7.57. The Balaban J connectivity index is 1.55. The third kappa shape index (κ3) is 4.30. The number of carbonyl (C=O) groups is 2. The fraction of sp³-hybridized carbons (Fsp3) is 0.556. The summed E-state index contributed by atoms with van der Waals surface area (Å²) in [7, 11) is 0. The summed E-state index contributed by atoms with van der Waals surface area (Å²) in [5.41, 5.74) is 0.202. The molecule has 0 bridgehead atoms. The Morgan fingerprint density at radius 2 is 1.96 bits per heavy atom. The summed E-state index contributed by atoms with van der Waals surface area (Å²) in [4.78, 5) is 26.0. The van der Waals surface area contributed by atoms with E-state index in [0.29, 0.717) is 25.4 Å². The highest BCUT2D eigenvalue weighted by Gasteiger charge is 2.46. The molecule has 6 nitrogen and oxygen atoms in total. The minimum absolute atomic E-state index is 0.0228. The Bertz CT molecular complexity index is 676. The Labute approximate surface area is 150 Å². The summed E-state index contributed by atoms with van der Waals surface area (Å²) in [6.45, 7) is 0.906. The van der Waals surface area contributed by atoms with E-state index in [2.05, 4.69) is 5.32 Å². The van der Waals surface area contributed by atoms with Gasteiger partial charge < -0.3 is 20.1 Å². The topological polar surface area (TPSA) is 78.9 Å². The van der Waals surface area contributed by atoms with Crippen molar-refractivity contribution in [1.82, 2.24) is 10.2 Å². The van der Waals surface area contributed by atoms with E-state index in [1.165, 1.54) is 0 Å². The molecule has 0 aromatic heterocycles. The van der Waals surface area contributed by atoms with Crippen molar-refractivity contribution in [1.29, 1.82) is 0 Å². The number of amides is 2. The van der Waals surface area contributed by atoms with Crippen LogP contribution in [0.15, 0.2) is 18.2 Å². The minimum atomic E-state index is -2.20. The number of benzene rings is 1. The fourth-order valence-electron chi connectivity index (χ4n) is 3.30. The number of hydrogen-bond donors (Lipinski definition) is 2. The molecular formula is C18H22F2N2O4. The zero-order valence-electron chi connectivity index (χ0n) is 14.3. The average molecular weight is 368 g/mol. The lowest BCUT2D eigenvalue weighted by molar-refractivity contribution is -0.206. The van der Waals surface area contributed by atoms with Crippen LogP contribution in [-0.4, -0.2) is 40.9 Å². The van der Waals surface area contributed by atoms with E-state index >= 15 is 0 Å². The zero-order valence-corrected chi connectivity index (χ0v) is 14.3. The molecule has 2 N–H and O–H groups in total. The highest BCUT2D eigenvalue weighted by Crippen LogP contribution is 2.31. The number of nitrogens with one attached hydrogen (secondary N) is 1. The van der Waals surface area contributed by atoms with Crippen molar-refractivity contribution >= 4 is 12.0 Å². The SMILES string of the molecule is O=C(NCc1cc(F)cc(F)c1)OC1(O)CCCN(CC2CCC2)C1=O. The Morgan fingerprint density at radius 1 is 1.27 bits per heavy atom. The lowest BCUT2D eigenvalue weighted by Gasteiger charge is -2.40. The predicted octanol–water partition coefficient (Wildman–Crippen LogP) is 2.30. The van der Waals surface area contributed by atoms with Crippen molar-refractivity contribution in [2.24, 2.45) is 5.92 Å². The number of ether oxygens (including phenoxy) is 1. The predicted molar refractivity (Wildman–Crippen MR) is 87.8 cm³/mol. The molecule has 1 aromatic carbocycles. The van der Waals surface area contributed by atoms with Gasteiger partial charge in [0.05, 0.1) is 0 Å². The van der Waals surface area contributed by atoms with Crippen LogP contribution >= 0.6 is 0 Å². The van der Waals surface area contributed by atoms with Gasteiger partial charge in [-0.25, -0.2) is 13.6 Å². The first-order chi connectivity index (χ1) is 12.4. The molecule has 3 rings (SSSR count). The van der Waals surface area contributed by atoms with Gasteiger partial charge in [0.2, 0.25) is 0 Å². The van der Waals surface area contributed by atoms with Gasteiger partial charge in [0.25, 0.3) is 11.7 Å². The molecule has 1 atom stereocenters. The number of rotatable bonds is 5. The molecule has 1 heterocycles. The first-order valence-corrected chi connectivity index (χ1v) is 8.79. The Hall–Kier alpha value is -2.22. The van der Waals surface area contributed by atoms with Gasteiger partial charge in [-0.2, -0.15) is 0 Å². The smallest absolute Gasteiger partial charge is 0.407 e.